The van der Waals surface area contributed by atoms with Crippen LogP contribution in [0, 0.1) is 0 Å². The van der Waals surface area contributed by atoms with Gasteiger partial charge in [-0.05, 0) is 41.6 Å². The van der Waals surface area contributed by atoms with Crippen LogP contribution in [0.3, 0.4) is 0 Å². The van der Waals surface area contributed by atoms with Crippen molar-refractivity contribution < 1.29 is 9.90 Å². The molecule has 0 fully saturated rings. The van der Waals surface area contributed by atoms with Crippen molar-refractivity contribution in [1.29, 1.82) is 0 Å². The Bertz CT molecular complexity index is 673. The van der Waals surface area contributed by atoms with Crippen LogP contribution in [0.15, 0.2) is 53.4 Å². The lowest BCUT2D eigenvalue weighted by Gasteiger charge is -2.18. The van der Waals surface area contributed by atoms with E-state index in [4.69, 9.17) is 0 Å². The van der Waals surface area contributed by atoms with Gasteiger partial charge in [0.05, 0.1) is 12.1 Å². The first-order valence-corrected chi connectivity index (χ1v) is 8.37. The summed E-state index contributed by atoms with van der Waals surface area (Å²) in [7, 11) is 0. The van der Waals surface area contributed by atoms with E-state index in [0.29, 0.717) is 6.42 Å². The van der Waals surface area contributed by atoms with Crippen LogP contribution >= 0.6 is 11.8 Å². The third-order valence-corrected chi connectivity index (χ3v) is 4.58. The molecule has 0 unspecified atom stereocenters. The zero-order valence-corrected chi connectivity index (χ0v) is 13.1. The van der Waals surface area contributed by atoms with Crippen LogP contribution in [0.2, 0.25) is 0 Å². The van der Waals surface area contributed by atoms with E-state index in [-0.39, 0.29) is 12.1 Å². The maximum atomic E-state index is 12.1. The summed E-state index contributed by atoms with van der Waals surface area (Å²) in [6, 6.07) is 14.8. The van der Waals surface area contributed by atoms with Crippen molar-refractivity contribution in [3.63, 3.8) is 0 Å². The summed E-state index contributed by atoms with van der Waals surface area (Å²) in [5, 5.41) is 15.8. The predicted octanol–water partition coefficient (Wildman–Crippen LogP) is 3.19. The molecular weight excluding hydrogens is 296 g/mol. The molecule has 1 aliphatic carbocycles. The molecule has 0 saturated carbocycles. The van der Waals surface area contributed by atoms with Gasteiger partial charge in [0.25, 0.3) is 0 Å². The molecule has 0 bridgehead atoms. The van der Waals surface area contributed by atoms with Crippen LogP contribution in [-0.2, 0) is 6.42 Å². The van der Waals surface area contributed by atoms with E-state index < -0.39 is 6.10 Å². The van der Waals surface area contributed by atoms with Crippen molar-refractivity contribution in [1.82, 2.24) is 5.32 Å². The minimum absolute atomic E-state index is 0.308. The van der Waals surface area contributed by atoms with Gasteiger partial charge in [-0.25, -0.2) is 4.79 Å². The van der Waals surface area contributed by atoms with E-state index in [1.54, 1.807) is 11.8 Å². The number of amides is 2. The summed E-state index contributed by atoms with van der Waals surface area (Å²) < 4.78 is 0. The van der Waals surface area contributed by atoms with Crippen molar-refractivity contribution in [2.45, 2.75) is 23.5 Å². The molecule has 0 saturated heterocycles. The molecule has 0 aliphatic heterocycles. The van der Waals surface area contributed by atoms with Gasteiger partial charge in [0.2, 0.25) is 0 Å². The van der Waals surface area contributed by atoms with E-state index in [1.807, 2.05) is 54.8 Å². The predicted molar refractivity (Wildman–Crippen MR) is 89.3 cm³/mol. The minimum atomic E-state index is -0.581. The normalized spacial score (nSPS) is 19.5. The molecule has 2 amide bonds. The first-order valence-electron chi connectivity index (χ1n) is 7.15. The maximum Gasteiger partial charge on any atom is 0.319 e. The number of nitrogens with one attached hydrogen (secondary N) is 2. The average Bonchev–Trinajstić information content (AvgIpc) is 2.84. The Kier molecular flexibility index (Phi) is 4.36. The maximum absolute atomic E-state index is 12.1. The summed E-state index contributed by atoms with van der Waals surface area (Å²) in [5.41, 5.74) is 2.81. The molecule has 0 aromatic heterocycles. The van der Waals surface area contributed by atoms with E-state index in [2.05, 4.69) is 10.6 Å². The molecule has 5 heteroatoms. The number of thioether (sulfide) groups is 1. The standard InChI is InChI=1S/C17H18N2O2S/c1-22-13-8-6-12(7-9-13)18-17(21)19-16-14-5-3-2-4-11(14)10-15(16)20/h2-9,15-16,20H,10H2,1H3,(H2,18,19,21)/t15-,16+/m0/s1. The zero-order valence-electron chi connectivity index (χ0n) is 12.2. The Morgan fingerprint density at radius 2 is 1.91 bits per heavy atom. The molecule has 0 spiro atoms. The highest BCUT2D eigenvalue weighted by Gasteiger charge is 2.31. The SMILES string of the molecule is CSc1ccc(NC(=O)N[C@@H]2c3ccccc3C[C@@H]2O)cc1. The molecule has 3 N–H and O–H groups in total. The van der Waals surface area contributed by atoms with Crippen molar-refractivity contribution in [3.8, 4) is 0 Å². The summed E-state index contributed by atoms with van der Waals surface area (Å²) in [6.07, 6.45) is 2.00. The van der Waals surface area contributed by atoms with E-state index >= 15 is 0 Å². The van der Waals surface area contributed by atoms with Gasteiger partial charge >= 0.3 is 6.03 Å². The first-order chi connectivity index (χ1) is 10.7. The number of carbonyl (C=O) groups excluding carboxylic acids is 1. The van der Waals surface area contributed by atoms with Gasteiger partial charge < -0.3 is 15.7 Å². The molecular formula is C17H18N2O2S. The van der Waals surface area contributed by atoms with Crippen molar-refractivity contribution in [3.05, 3.63) is 59.7 Å². The first kappa shape index (κ1) is 14.9. The number of aliphatic hydroxyl groups excluding tert-OH is 1. The van der Waals surface area contributed by atoms with Gasteiger partial charge in [-0.1, -0.05) is 24.3 Å². The minimum Gasteiger partial charge on any atom is -0.390 e. The second-order valence-electron chi connectivity index (χ2n) is 5.27. The van der Waals surface area contributed by atoms with E-state index in [1.165, 1.54) is 0 Å². The topological polar surface area (TPSA) is 61.4 Å². The molecule has 2 aromatic carbocycles. The number of anilines is 1. The lowest BCUT2D eigenvalue weighted by molar-refractivity contribution is 0.144. The Balaban J connectivity index is 1.66. The number of rotatable bonds is 3. The number of hydrogen-bond donors (Lipinski definition) is 3. The van der Waals surface area contributed by atoms with Gasteiger partial charge in [0, 0.05) is 17.0 Å². The van der Waals surface area contributed by atoms with E-state index in [0.717, 1.165) is 21.7 Å². The number of fused-ring (bicyclic) bond motifs is 1. The van der Waals surface area contributed by atoms with Crippen LogP contribution in [0.5, 0.6) is 0 Å². The third-order valence-electron chi connectivity index (χ3n) is 3.84. The average molecular weight is 314 g/mol. The van der Waals surface area contributed by atoms with Crippen LogP contribution in [0.25, 0.3) is 0 Å². The molecule has 0 radical (unpaired) electrons. The quantitative estimate of drug-likeness (QED) is 0.763. The summed E-state index contributed by atoms with van der Waals surface area (Å²) in [6.45, 7) is 0. The third kappa shape index (κ3) is 3.10. The van der Waals surface area contributed by atoms with Gasteiger partial charge in [-0.15, -0.1) is 11.8 Å². The summed E-state index contributed by atoms with van der Waals surface area (Å²) >= 11 is 1.65. The fraction of sp³-hybridized carbons (Fsp3) is 0.235. The second kappa shape index (κ2) is 6.42. The molecule has 114 valence electrons. The van der Waals surface area contributed by atoms with Crippen LogP contribution in [0.4, 0.5) is 10.5 Å². The van der Waals surface area contributed by atoms with Crippen LogP contribution in [-0.4, -0.2) is 23.5 Å². The fourth-order valence-electron chi connectivity index (χ4n) is 2.73. The molecule has 0 heterocycles. The van der Waals surface area contributed by atoms with Gasteiger partial charge in [0.1, 0.15) is 0 Å². The van der Waals surface area contributed by atoms with Gasteiger partial charge in [-0.3, -0.25) is 0 Å². The lowest BCUT2D eigenvalue weighted by Crippen LogP contribution is -2.36. The molecule has 2 aromatic rings. The fourth-order valence-corrected chi connectivity index (χ4v) is 3.14. The van der Waals surface area contributed by atoms with Crippen LogP contribution < -0.4 is 10.6 Å². The highest BCUT2D eigenvalue weighted by Crippen LogP contribution is 2.31. The smallest absolute Gasteiger partial charge is 0.319 e. The lowest BCUT2D eigenvalue weighted by atomic mass is 10.1. The molecule has 4 nitrogen and oxygen atoms in total. The number of benzene rings is 2. The number of urea groups is 1. The zero-order chi connectivity index (χ0) is 15.5. The van der Waals surface area contributed by atoms with Crippen LogP contribution in [0.1, 0.15) is 17.2 Å². The molecule has 3 rings (SSSR count). The molecule has 2 atom stereocenters. The Labute approximate surface area is 133 Å². The van der Waals surface area contributed by atoms with E-state index in [9.17, 15) is 9.90 Å². The summed E-state index contributed by atoms with van der Waals surface area (Å²) in [4.78, 5) is 13.3. The molecule has 22 heavy (non-hydrogen) atoms. The highest BCUT2D eigenvalue weighted by atomic mass is 32.2. The number of aliphatic hydroxyl groups is 1. The molecule has 1 aliphatic rings. The van der Waals surface area contributed by atoms with Gasteiger partial charge in [-0.2, -0.15) is 0 Å². The van der Waals surface area contributed by atoms with Crippen molar-refractivity contribution in [2.75, 3.05) is 11.6 Å². The monoisotopic (exact) mass is 314 g/mol. The highest BCUT2D eigenvalue weighted by molar-refractivity contribution is 7.98. The van der Waals surface area contributed by atoms with Crippen molar-refractivity contribution in [2.24, 2.45) is 0 Å². The van der Waals surface area contributed by atoms with Gasteiger partial charge in [0.15, 0.2) is 0 Å². The number of hydrogen-bond acceptors (Lipinski definition) is 3. The van der Waals surface area contributed by atoms with Crippen molar-refractivity contribution >= 4 is 23.5 Å². The summed E-state index contributed by atoms with van der Waals surface area (Å²) in [5.74, 6) is 0. The number of carbonyl (C=O) groups is 1. The largest absolute Gasteiger partial charge is 0.390 e. The Morgan fingerprint density at radius 1 is 1.18 bits per heavy atom. The Morgan fingerprint density at radius 3 is 2.64 bits per heavy atom. The second-order valence-corrected chi connectivity index (χ2v) is 6.15. The Hall–Kier alpha value is -1.98.